The third-order valence-corrected chi connectivity index (χ3v) is 5.44. The lowest BCUT2D eigenvalue weighted by atomic mass is 9.64. The predicted octanol–water partition coefficient (Wildman–Crippen LogP) is 2.69. The molecule has 0 bridgehead atoms. The Morgan fingerprint density at radius 1 is 1.31 bits per heavy atom. The highest BCUT2D eigenvalue weighted by Gasteiger charge is 2.57. The zero-order chi connectivity index (χ0) is 11.8. The highest BCUT2D eigenvalue weighted by atomic mass is 16.3. The molecule has 0 aromatic rings. The lowest BCUT2D eigenvalue weighted by Crippen LogP contribution is -2.53. The van der Waals surface area contributed by atoms with Gasteiger partial charge in [0.2, 0.25) is 0 Å². The van der Waals surface area contributed by atoms with Gasteiger partial charge in [0.1, 0.15) is 0 Å². The standard InChI is InChI=1S/C14H27NO/c1-3-12-5-4-7-14(12,16)13(10-15)8-6-11(2)9-13/h11-12,16H,3-10,15H2,1-2H3. The van der Waals surface area contributed by atoms with E-state index in [0.717, 1.165) is 31.6 Å². The molecule has 0 amide bonds. The maximum absolute atomic E-state index is 11.1. The average molecular weight is 225 g/mol. The van der Waals surface area contributed by atoms with Crippen LogP contribution in [0.1, 0.15) is 58.8 Å². The maximum atomic E-state index is 11.1. The van der Waals surface area contributed by atoms with Crippen LogP contribution in [0.25, 0.3) is 0 Å². The van der Waals surface area contributed by atoms with Gasteiger partial charge in [-0.1, -0.05) is 33.1 Å². The van der Waals surface area contributed by atoms with Crippen LogP contribution in [0.5, 0.6) is 0 Å². The highest BCUT2D eigenvalue weighted by molar-refractivity contribution is 5.08. The van der Waals surface area contributed by atoms with E-state index < -0.39 is 5.60 Å². The Kier molecular flexibility index (Phi) is 3.33. The SMILES string of the molecule is CCC1CCCC1(O)C1(CN)CCC(C)C1. The fourth-order valence-corrected chi connectivity index (χ4v) is 4.45. The molecule has 2 nitrogen and oxygen atoms in total. The van der Waals surface area contributed by atoms with Crippen LogP contribution >= 0.6 is 0 Å². The van der Waals surface area contributed by atoms with Gasteiger partial charge >= 0.3 is 0 Å². The molecule has 0 heterocycles. The molecule has 0 aliphatic heterocycles. The fourth-order valence-electron chi connectivity index (χ4n) is 4.45. The van der Waals surface area contributed by atoms with Crippen molar-refractivity contribution in [3.63, 3.8) is 0 Å². The first-order valence-electron chi connectivity index (χ1n) is 7.00. The van der Waals surface area contributed by atoms with Gasteiger partial charge in [-0.25, -0.2) is 0 Å². The molecule has 4 unspecified atom stereocenters. The first kappa shape index (κ1) is 12.4. The third-order valence-electron chi connectivity index (χ3n) is 5.44. The monoisotopic (exact) mass is 225 g/mol. The van der Waals surface area contributed by atoms with Crippen LogP contribution in [0.2, 0.25) is 0 Å². The Bertz CT molecular complexity index is 255. The van der Waals surface area contributed by atoms with Crippen molar-refractivity contribution in [2.75, 3.05) is 6.54 Å². The fraction of sp³-hybridized carbons (Fsp3) is 1.00. The van der Waals surface area contributed by atoms with Crippen molar-refractivity contribution in [3.05, 3.63) is 0 Å². The van der Waals surface area contributed by atoms with E-state index in [1.807, 2.05) is 0 Å². The van der Waals surface area contributed by atoms with Crippen molar-refractivity contribution in [1.82, 2.24) is 0 Å². The van der Waals surface area contributed by atoms with E-state index in [-0.39, 0.29) is 5.41 Å². The van der Waals surface area contributed by atoms with Gasteiger partial charge in [-0.2, -0.15) is 0 Å². The number of hydrogen-bond donors (Lipinski definition) is 2. The second-order valence-corrected chi connectivity index (χ2v) is 6.25. The number of aliphatic hydroxyl groups is 1. The lowest BCUT2D eigenvalue weighted by Gasteiger charge is -2.46. The summed E-state index contributed by atoms with van der Waals surface area (Å²) in [6.45, 7) is 5.19. The Labute approximate surface area is 99.6 Å². The van der Waals surface area contributed by atoms with Crippen LogP contribution < -0.4 is 5.73 Å². The number of hydrogen-bond acceptors (Lipinski definition) is 2. The van der Waals surface area contributed by atoms with E-state index in [2.05, 4.69) is 13.8 Å². The van der Waals surface area contributed by atoms with Crippen LogP contribution in [0.15, 0.2) is 0 Å². The van der Waals surface area contributed by atoms with Gasteiger partial charge in [0.15, 0.2) is 0 Å². The summed E-state index contributed by atoms with van der Waals surface area (Å²) in [5.41, 5.74) is 5.63. The van der Waals surface area contributed by atoms with Crippen LogP contribution in [-0.4, -0.2) is 17.3 Å². The lowest BCUT2D eigenvalue weighted by molar-refractivity contribution is -0.109. The van der Waals surface area contributed by atoms with E-state index in [1.165, 1.54) is 19.3 Å². The summed E-state index contributed by atoms with van der Waals surface area (Å²) in [5, 5.41) is 11.1. The Hall–Kier alpha value is -0.0800. The van der Waals surface area contributed by atoms with Gasteiger partial charge in [0.05, 0.1) is 5.60 Å². The first-order valence-corrected chi connectivity index (χ1v) is 7.00. The van der Waals surface area contributed by atoms with E-state index in [1.54, 1.807) is 0 Å². The quantitative estimate of drug-likeness (QED) is 0.775. The third kappa shape index (κ3) is 1.62. The topological polar surface area (TPSA) is 46.2 Å². The molecule has 0 aromatic carbocycles. The smallest absolute Gasteiger partial charge is 0.0743 e. The molecule has 2 aliphatic rings. The molecule has 0 aromatic heterocycles. The molecule has 2 aliphatic carbocycles. The molecule has 3 N–H and O–H groups in total. The summed E-state index contributed by atoms with van der Waals surface area (Å²) in [4.78, 5) is 0. The normalized spacial score (nSPS) is 48.8. The zero-order valence-corrected chi connectivity index (χ0v) is 10.8. The van der Waals surface area contributed by atoms with Gasteiger partial charge in [0.25, 0.3) is 0 Å². The average Bonchev–Trinajstić information content (AvgIpc) is 2.84. The zero-order valence-electron chi connectivity index (χ0n) is 10.8. The minimum absolute atomic E-state index is 0.0313. The molecule has 0 radical (unpaired) electrons. The van der Waals surface area contributed by atoms with Gasteiger partial charge in [0, 0.05) is 12.0 Å². The molecule has 16 heavy (non-hydrogen) atoms. The summed E-state index contributed by atoms with van der Waals surface area (Å²) >= 11 is 0. The molecule has 94 valence electrons. The largest absolute Gasteiger partial charge is 0.389 e. The van der Waals surface area contributed by atoms with Gasteiger partial charge in [-0.3, -0.25) is 0 Å². The molecule has 0 saturated heterocycles. The van der Waals surface area contributed by atoms with Crippen LogP contribution in [-0.2, 0) is 0 Å². The molecular formula is C14H27NO. The Morgan fingerprint density at radius 3 is 2.56 bits per heavy atom. The summed E-state index contributed by atoms with van der Waals surface area (Å²) in [7, 11) is 0. The summed E-state index contributed by atoms with van der Waals surface area (Å²) in [6.07, 6.45) is 7.99. The first-order chi connectivity index (χ1) is 7.58. The van der Waals surface area contributed by atoms with Crippen LogP contribution in [0, 0.1) is 17.3 Å². The Balaban J connectivity index is 2.26. The van der Waals surface area contributed by atoms with Gasteiger partial charge in [-0.15, -0.1) is 0 Å². The molecule has 2 fully saturated rings. The Morgan fingerprint density at radius 2 is 2.06 bits per heavy atom. The second kappa shape index (κ2) is 4.30. The summed E-state index contributed by atoms with van der Waals surface area (Å²) in [6, 6.07) is 0. The summed E-state index contributed by atoms with van der Waals surface area (Å²) < 4.78 is 0. The van der Waals surface area contributed by atoms with Crippen molar-refractivity contribution in [3.8, 4) is 0 Å². The summed E-state index contributed by atoms with van der Waals surface area (Å²) in [5.74, 6) is 1.23. The molecular weight excluding hydrogens is 198 g/mol. The minimum Gasteiger partial charge on any atom is -0.389 e. The molecule has 2 rings (SSSR count). The van der Waals surface area contributed by atoms with Crippen molar-refractivity contribution in [2.45, 2.75) is 64.4 Å². The second-order valence-electron chi connectivity index (χ2n) is 6.25. The predicted molar refractivity (Wildman–Crippen MR) is 67.1 cm³/mol. The molecule has 2 saturated carbocycles. The maximum Gasteiger partial charge on any atom is 0.0743 e. The van der Waals surface area contributed by atoms with E-state index >= 15 is 0 Å². The van der Waals surface area contributed by atoms with Crippen molar-refractivity contribution in [2.24, 2.45) is 23.0 Å². The van der Waals surface area contributed by atoms with Crippen LogP contribution in [0.3, 0.4) is 0 Å². The van der Waals surface area contributed by atoms with Crippen LogP contribution in [0.4, 0.5) is 0 Å². The van der Waals surface area contributed by atoms with Crippen molar-refractivity contribution < 1.29 is 5.11 Å². The molecule has 2 heteroatoms. The van der Waals surface area contributed by atoms with E-state index in [0.29, 0.717) is 12.5 Å². The molecule has 0 spiro atoms. The van der Waals surface area contributed by atoms with Crippen molar-refractivity contribution >= 4 is 0 Å². The van der Waals surface area contributed by atoms with E-state index in [4.69, 9.17) is 5.73 Å². The van der Waals surface area contributed by atoms with Crippen molar-refractivity contribution in [1.29, 1.82) is 0 Å². The van der Waals surface area contributed by atoms with Gasteiger partial charge in [-0.05, 0) is 37.5 Å². The van der Waals surface area contributed by atoms with E-state index in [9.17, 15) is 5.11 Å². The minimum atomic E-state index is -0.457. The van der Waals surface area contributed by atoms with Gasteiger partial charge < -0.3 is 10.8 Å². The highest BCUT2D eigenvalue weighted by Crippen LogP contribution is 2.57. The number of rotatable bonds is 3. The molecule has 4 atom stereocenters. The number of nitrogens with two attached hydrogens (primary N) is 1.